The maximum Gasteiger partial charge on any atom is 0.249 e. The zero-order chi connectivity index (χ0) is 21.1. The number of anilines is 1. The van der Waals surface area contributed by atoms with Gasteiger partial charge in [0.1, 0.15) is 18.5 Å². The molecule has 0 spiro atoms. The number of nitrogens with one attached hydrogen (secondary N) is 1. The number of hydrogen-bond donors (Lipinski definition) is 2. The number of carbonyl (C=O) groups excluding carboxylic acids is 2. The van der Waals surface area contributed by atoms with Crippen molar-refractivity contribution in [3.05, 3.63) is 48.0 Å². The van der Waals surface area contributed by atoms with Crippen LogP contribution >= 0.6 is 0 Å². The monoisotopic (exact) mass is 412 g/mol. The lowest BCUT2D eigenvalue weighted by molar-refractivity contribution is -0.162. The van der Waals surface area contributed by atoms with Gasteiger partial charge < -0.3 is 24.6 Å². The third kappa shape index (κ3) is 4.24. The van der Waals surface area contributed by atoms with Crippen molar-refractivity contribution in [3.63, 3.8) is 0 Å². The number of ether oxygens (including phenoxy) is 1. The smallest absolute Gasteiger partial charge is 0.249 e. The van der Waals surface area contributed by atoms with E-state index in [0.717, 1.165) is 42.8 Å². The summed E-state index contributed by atoms with van der Waals surface area (Å²) in [6.07, 6.45) is 7.20. The molecular weight excluding hydrogens is 384 g/mol. The number of morpholine rings is 1. The zero-order valence-corrected chi connectivity index (χ0v) is 17.2. The number of aromatic nitrogens is 2. The lowest BCUT2D eigenvalue weighted by Crippen LogP contribution is -2.52. The number of rotatable bonds is 6. The summed E-state index contributed by atoms with van der Waals surface area (Å²) in [5.41, 5.74) is 1.60. The third-order valence-corrected chi connectivity index (χ3v) is 6.11. The second kappa shape index (κ2) is 8.97. The summed E-state index contributed by atoms with van der Waals surface area (Å²) >= 11 is 0. The van der Waals surface area contributed by atoms with Crippen LogP contribution in [0.2, 0.25) is 0 Å². The molecule has 1 saturated heterocycles. The molecule has 0 radical (unpaired) electrons. The number of aliphatic hydroxyl groups excluding tert-OH is 1. The highest BCUT2D eigenvalue weighted by atomic mass is 16.5. The molecule has 160 valence electrons. The van der Waals surface area contributed by atoms with E-state index in [1.54, 1.807) is 11.1 Å². The van der Waals surface area contributed by atoms with Crippen LogP contribution < -0.4 is 5.32 Å². The Kier molecular flexibility index (Phi) is 6.15. The Morgan fingerprint density at radius 1 is 1.27 bits per heavy atom. The number of imidazole rings is 1. The maximum absolute atomic E-state index is 12.5. The first kappa shape index (κ1) is 20.6. The fraction of sp³-hybridized carbons (Fsp3) is 0.500. The Hall–Kier alpha value is -2.71. The van der Waals surface area contributed by atoms with E-state index in [2.05, 4.69) is 10.3 Å². The molecule has 1 aromatic heterocycles. The van der Waals surface area contributed by atoms with Gasteiger partial charge in [0.25, 0.3) is 0 Å². The van der Waals surface area contributed by atoms with Crippen molar-refractivity contribution < 1.29 is 19.4 Å². The average molecular weight is 412 g/mol. The van der Waals surface area contributed by atoms with Gasteiger partial charge in [0, 0.05) is 31.0 Å². The number of aliphatic hydroxyl groups is 1. The number of benzene rings is 1. The summed E-state index contributed by atoms with van der Waals surface area (Å²) in [6, 6.07) is 6.94. The van der Waals surface area contributed by atoms with Gasteiger partial charge in [0.2, 0.25) is 11.8 Å². The number of nitrogens with zero attached hydrogens (tertiary/aromatic N) is 3. The first-order valence-corrected chi connectivity index (χ1v) is 10.5. The Balaban J connectivity index is 1.47. The fourth-order valence-corrected chi connectivity index (χ4v) is 4.31. The van der Waals surface area contributed by atoms with Gasteiger partial charge in [-0.2, -0.15) is 0 Å². The number of amides is 2. The van der Waals surface area contributed by atoms with Crippen LogP contribution in [0.3, 0.4) is 0 Å². The van der Waals surface area contributed by atoms with E-state index in [0.29, 0.717) is 6.54 Å². The van der Waals surface area contributed by atoms with Crippen LogP contribution in [0.15, 0.2) is 36.7 Å². The summed E-state index contributed by atoms with van der Waals surface area (Å²) in [5.74, 6) is 0.756. The van der Waals surface area contributed by atoms with Crippen LogP contribution in [0.5, 0.6) is 0 Å². The Bertz CT molecular complexity index is 889. The zero-order valence-electron chi connectivity index (χ0n) is 17.2. The van der Waals surface area contributed by atoms with Gasteiger partial charge in [0.05, 0.1) is 19.2 Å². The quantitative estimate of drug-likeness (QED) is 0.757. The van der Waals surface area contributed by atoms with Crippen molar-refractivity contribution >= 4 is 17.5 Å². The Morgan fingerprint density at radius 3 is 2.63 bits per heavy atom. The van der Waals surface area contributed by atoms with Gasteiger partial charge in [-0.1, -0.05) is 25.0 Å². The van der Waals surface area contributed by atoms with Gasteiger partial charge in [0.15, 0.2) is 0 Å². The molecule has 8 heteroatoms. The summed E-state index contributed by atoms with van der Waals surface area (Å²) in [7, 11) is 1.87. The van der Waals surface area contributed by atoms with Crippen molar-refractivity contribution in [1.82, 2.24) is 14.5 Å². The van der Waals surface area contributed by atoms with Crippen LogP contribution in [-0.4, -0.2) is 50.6 Å². The van der Waals surface area contributed by atoms with Gasteiger partial charge in [-0.3, -0.25) is 9.59 Å². The highest BCUT2D eigenvalue weighted by Crippen LogP contribution is 2.31. The molecule has 1 aliphatic carbocycles. The predicted octanol–water partition coefficient (Wildman–Crippen LogP) is 2.01. The van der Waals surface area contributed by atoms with Crippen LogP contribution in [-0.2, 0) is 27.9 Å². The molecule has 0 bridgehead atoms. The molecule has 2 aromatic rings. The third-order valence-electron chi connectivity index (χ3n) is 6.11. The number of hydrogen-bond acceptors (Lipinski definition) is 5. The Labute approximate surface area is 175 Å². The van der Waals surface area contributed by atoms with Crippen molar-refractivity contribution in [3.8, 4) is 0 Å². The van der Waals surface area contributed by atoms with Crippen molar-refractivity contribution in [2.45, 2.75) is 44.4 Å². The van der Waals surface area contributed by atoms with Gasteiger partial charge in [-0.15, -0.1) is 0 Å². The molecule has 2 amide bonds. The first-order chi connectivity index (χ1) is 14.6. The largest absolute Gasteiger partial charge is 0.394 e. The van der Waals surface area contributed by atoms with E-state index in [9.17, 15) is 14.7 Å². The second-order valence-electron chi connectivity index (χ2n) is 8.05. The minimum atomic E-state index is -0.512. The standard InChI is InChI=1S/C22H28N4O4/c1-25-11-10-23-19(25)12-26-18(13-27)21(30-14-20(26)28)15-6-8-17(9-7-15)24-22(29)16-4-2-3-5-16/h6-11,16,18,21,27H,2-5,12-14H2,1H3,(H,24,29). The molecule has 30 heavy (non-hydrogen) atoms. The van der Waals surface area contributed by atoms with Crippen LogP contribution in [0.25, 0.3) is 0 Å². The maximum atomic E-state index is 12.5. The predicted molar refractivity (Wildman–Crippen MR) is 110 cm³/mol. The summed E-state index contributed by atoms with van der Waals surface area (Å²) in [6.45, 7) is 0.0374. The van der Waals surface area contributed by atoms with Crippen molar-refractivity contribution in [2.75, 3.05) is 18.5 Å². The first-order valence-electron chi connectivity index (χ1n) is 10.5. The number of aryl methyl sites for hydroxylation is 1. The topological polar surface area (TPSA) is 96.7 Å². The molecule has 2 N–H and O–H groups in total. The normalized spacial score (nSPS) is 22.5. The van der Waals surface area contributed by atoms with E-state index in [-0.39, 0.29) is 30.9 Å². The van der Waals surface area contributed by atoms with Crippen LogP contribution in [0, 0.1) is 5.92 Å². The van der Waals surface area contributed by atoms with Gasteiger partial charge >= 0.3 is 0 Å². The summed E-state index contributed by atoms with van der Waals surface area (Å²) in [4.78, 5) is 30.7. The second-order valence-corrected chi connectivity index (χ2v) is 8.05. The van der Waals surface area contributed by atoms with E-state index in [1.807, 2.05) is 42.1 Å². The molecule has 1 aromatic carbocycles. The van der Waals surface area contributed by atoms with Crippen molar-refractivity contribution in [2.24, 2.45) is 13.0 Å². The molecule has 8 nitrogen and oxygen atoms in total. The van der Waals surface area contributed by atoms with Gasteiger partial charge in [-0.25, -0.2) is 4.98 Å². The highest BCUT2D eigenvalue weighted by molar-refractivity contribution is 5.92. The lowest BCUT2D eigenvalue weighted by Gasteiger charge is -2.40. The summed E-state index contributed by atoms with van der Waals surface area (Å²) < 4.78 is 7.65. The SMILES string of the molecule is Cn1ccnc1CN1C(=O)COC(c2ccc(NC(=O)C3CCCC3)cc2)C1CO. The molecular formula is C22H28N4O4. The molecule has 2 aliphatic rings. The highest BCUT2D eigenvalue weighted by Gasteiger charge is 2.37. The van der Waals surface area contributed by atoms with E-state index in [4.69, 9.17) is 4.74 Å². The Morgan fingerprint density at radius 2 is 2.00 bits per heavy atom. The van der Waals surface area contributed by atoms with Crippen LogP contribution in [0.4, 0.5) is 5.69 Å². The molecule has 4 rings (SSSR count). The van der Waals surface area contributed by atoms with E-state index >= 15 is 0 Å². The fourth-order valence-electron chi connectivity index (χ4n) is 4.31. The lowest BCUT2D eigenvalue weighted by atomic mass is 9.99. The van der Waals surface area contributed by atoms with E-state index in [1.165, 1.54) is 0 Å². The molecule has 1 saturated carbocycles. The van der Waals surface area contributed by atoms with E-state index < -0.39 is 12.1 Å². The molecule has 1 aliphatic heterocycles. The molecule has 2 fully saturated rings. The molecule has 2 atom stereocenters. The van der Waals surface area contributed by atoms with Gasteiger partial charge in [-0.05, 0) is 30.5 Å². The summed E-state index contributed by atoms with van der Waals surface area (Å²) in [5, 5.41) is 13.0. The number of carbonyl (C=O) groups is 2. The minimum Gasteiger partial charge on any atom is -0.394 e. The van der Waals surface area contributed by atoms with Crippen LogP contribution in [0.1, 0.15) is 43.2 Å². The average Bonchev–Trinajstić information content (AvgIpc) is 3.42. The minimum absolute atomic E-state index is 0.0498. The molecule has 2 heterocycles. The van der Waals surface area contributed by atoms with Crippen molar-refractivity contribution in [1.29, 1.82) is 0 Å². The molecule has 2 unspecified atom stereocenters.